The number of halogens is 3. The highest BCUT2D eigenvalue weighted by Crippen LogP contribution is 2.16. The molecule has 0 bridgehead atoms. The summed E-state index contributed by atoms with van der Waals surface area (Å²) < 4.78 is 35.3. The highest BCUT2D eigenvalue weighted by atomic mass is 19.4. The second kappa shape index (κ2) is 4.05. The summed E-state index contributed by atoms with van der Waals surface area (Å²) in [5.41, 5.74) is -1.99. The first-order chi connectivity index (χ1) is 6.46. The van der Waals surface area contributed by atoms with Gasteiger partial charge in [0.05, 0.1) is 5.60 Å². The number of nitrogens with one attached hydrogen (secondary N) is 1. The van der Waals surface area contributed by atoms with E-state index in [1.165, 1.54) is 5.32 Å². The minimum absolute atomic E-state index is 0.975. The van der Waals surface area contributed by atoms with Crippen LogP contribution < -0.4 is 5.32 Å². The minimum atomic E-state index is -5.18. The maximum atomic E-state index is 11.8. The van der Waals surface area contributed by atoms with Crippen molar-refractivity contribution in [3.05, 3.63) is 0 Å². The standard InChI is InChI=1S/C7H10F3NO4/c1-6(2,15)3(4(12)13)11-5(14)7(8,9)10/h3,15H,1-2H3,(H,11,14)(H,12,13)/t3-/m0/s1. The molecule has 0 unspecified atom stereocenters. The molecule has 0 radical (unpaired) electrons. The first kappa shape index (κ1) is 13.7. The van der Waals surface area contributed by atoms with Gasteiger partial charge in [0.2, 0.25) is 0 Å². The van der Waals surface area contributed by atoms with E-state index >= 15 is 0 Å². The van der Waals surface area contributed by atoms with Crippen molar-refractivity contribution in [3.8, 4) is 0 Å². The number of aliphatic hydroxyl groups is 1. The zero-order chi connectivity index (χ0) is 12.4. The fourth-order valence-corrected chi connectivity index (χ4v) is 0.753. The maximum absolute atomic E-state index is 11.8. The zero-order valence-electron chi connectivity index (χ0n) is 7.92. The number of hydrogen-bond donors (Lipinski definition) is 3. The summed E-state index contributed by atoms with van der Waals surface area (Å²) in [6.07, 6.45) is -5.18. The molecule has 3 N–H and O–H groups in total. The van der Waals surface area contributed by atoms with E-state index in [-0.39, 0.29) is 0 Å². The lowest BCUT2D eigenvalue weighted by Crippen LogP contribution is -2.56. The Balaban J connectivity index is 4.74. The molecule has 88 valence electrons. The van der Waals surface area contributed by atoms with Gasteiger partial charge in [0, 0.05) is 0 Å². The van der Waals surface area contributed by atoms with Crippen LogP contribution in [0.4, 0.5) is 13.2 Å². The first-order valence-electron chi connectivity index (χ1n) is 3.79. The normalized spacial score (nSPS) is 14.5. The van der Waals surface area contributed by atoms with Gasteiger partial charge in [-0.05, 0) is 13.8 Å². The number of hydrogen-bond acceptors (Lipinski definition) is 3. The van der Waals surface area contributed by atoms with Crippen LogP contribution in [0.5, 0.6) is 0 Å². The third-order valence-electron chi connectivity index (χ3n) is 1.49. The molecular weight excluding hydrogens is 219 g/mol. The van der Waals surface area contributed by atoms with Gasteiger partial charge in [-0.15, -0.1) is 0 Å². The topological polar surface area (TPSA) is 86.6 Å². The maximum Gasteiger partial charge on any atom is 0.471 e. The van der Waals surface area contributed by atoms with E-state index in [2.05, 4.69) is 0 Å². The van der Waals surface area contributed by atoms with Gasteiger partial charge in [-0.25, -0.2) is 4.79 Å². The molecule has 0 heterocycles. The van der Waals surface area contributed by atoms with Crippen molar-refractivity contribution in [2.45, 2.75) is 31.7 Å². The largest absolute Gasteiger partial charge is 0.480 e. The number of aliphatic carboxylic acids is 1. The highest BCUT2D eigenvalue weighted by molar-refractivity contribution is 5.87. The second-order valence-electron chi connectivity index (χ2n) is 3.40. The van der Waals surface area contributed by atoms with Crippen LogP contribution in [-0.2, 0) is 9.59 Å². The quantitative estimate of drug-likeness (QED) is 0.630. The summed E-state index contributed by atoms with van der Waals surface area (Å²) >= 11 is 0. The van der Waals surface area contributed by atoms with Crippen molar-refractivity contribution < 1.29 is 33.0 Å². The van der Waals surface area contributed by atoms with Gasteiger partial charge in [-0.3, -0.25) is 4.79 Å². The van der Waals surface area contributed by atoms with E-state index < -0.39 is 29.7 Å². The van der Waals surface area contributed by atoms with Gasteiger partial charge in [-0.2, -0.15) is 13.2 Å². The lowest BCUT2D eigenvalue weighted by Gasteiger charge is -2.26. The van der Waals surface area contributed by atoms with E-state index in [0.29, 0.717) is 0 Å². The Labute approximate surface area is 82.9 Å². The van der Waals surface area contributed by atoms with Crippen LogP contribution >= 0.6 is 0 Å². The van der Waals surface area contributed by atoms with Crippen LogP contribution in [0.3, 0.4) is 0 Å². The number of carbonyl (C=O) groups excluding carboxylic acids is 1. The van der Waals surface area contributed by atoms with Crippen LogP contribution in [0.2, 0.25) is 0 Å². The number of carboxylic acid groups (broad SMARTS) is 1. The summed E-state index contributed by atoms with van der Waals surface area (Å²) in [6.45, 7) is 1.95. The van der Waals surface area contributed by atoms with Crippen LogP contribution in [0.1, 0.15) is 13.8 Å². The molecule has 0 aliphatic rings. The predicted molar refractivity (Wildman–Crippen MR) is 41.9 cm³/mol. The third-order valence-corrected chi connectivity index (χ3v) is 1.49. The van der Waals surface area contributed by atoms with Crippen molar-refractivity contribution in [2.75, 3.05) is 0 Å². The smallest absolute Gasteiger partial charge is 0.471 e. The summed E-state index contributed by atoms with van der Waals surface area (Å²) in [5, 5.41) is 18.9. The molecule has 0 aliphatic heterocycles. The Morgan fingerprint density at radius 2 is 1.67 bits per heavy atom. The summed E-state index contributed by atoms with van der Waals surface area (Å²) in [4.78, 5) is 20.9. The van der Waals surface area contributed by atoms with Gasteiger partial charge >= 0.3 is 18.1 Å². The van der Waals surface area contributed by atoms with Crippen LogP contribution in [-0.4, -0.2) is 39.9 Å². The molecule has 0 aromatic heterocycles. The fraction of sp³-hybridized carbons (Fsp3) is 0.714. The first-order valence-corrected chi connectivity index (χ1v) is 3.79. The van der Waals surface area contributed by atoms with Crippen molar-refractivity contribution in [3.63, 3.8) is 0 Å². The van der Waals surface area contributed by atoms with E-state index in [1.807, 2.05) is 0 Å². The minimum Gasteiger partial charge on any atom is -0.480 e. The Morgan fingerprint density at radius 1 is 1.27 bits per heavy atom. The van der Waals surface area contributed by atoms with Gasteiger partial charge in [0.25, 0.3) is 0 Å². The molecule has 0 spiro atoms. The molecular formula is C7H10F3NO4. The number of rotatable bonds is 3. The Hall–Kier alpha value is -1.31. The molecule has 0 saturated carbocycles. The lowest BCUT2D eigenvalue weighted by molar-refractivity contribution is -0.177. The SMILES string of the molecule is CC(C)(O)[C@@H](NC(=O)C(F)(F)F)C(=O)O. The molecule has 8 heteroatoms. The van der Waals surface area contributed by atoms with E-state index in [9.17, 15) is 27.9 Å². The summed E-state index contributed by atoms with van der Waals surface area (Å²) in [7, 11) is 0. The van der Waals surface area contributed by atoms with E-state index in [4.69, 9.17) is 5.11 Å². The number of carbonyl (C=O) groups is 2. The van der Waals surface area contributed by atoms with Gasteiger partial charge < -0.3 is 15.5 Å². The molecule has 0 aromatic rings. The van der Waals surface area contributed by atoms with Gasteiger partial charge in [0.1, 0.15) is 0 Å². The summed E-state index contributed by atoms with van der Waals surface area (Å²) in [6, 6.07) is -2.02. The fourth-order valence-electron chi connectivity index (χ4n) is 0.753. The van der Waals surface area contributed by atoms with Crippen LogP contribution in [0.25, 0.3) is 0 Å². The Kier molecular flexibility index (Phi) is 3.70. The molecule has 1 atom stereocenters. The predicted octanol–water partition coefficient (Wildman–Crippen LogP) is -0.111. The lowest BCUT2D eigenvalue weighted by atomic mass is 9.99. The Morgan fingerprint density at radius 3 is 1.87 bits per heavy atom. The second-order valence-corrected chi connectivity index (χ2v) is 3.40. The number of alkyl halides is 3. The molecule has 5 nitrogen and oxygen atoms in total. The number of amides is 1. The average Bonchev–Trinajstić information content (AvgIpc) is 1.94. The van der Waals surface area contributed by atoms with Crippen molar-refractivity contribution in [2.24, 2.45) is 0 Å². The molecule has 0 fully saturated rings. The molecule has 0 aliphatic carbocycles. The summed E-state index contributed by atoms with van der Waals surface area (Å²) in [5.74, 6) is -4.16. The van der Waals surface area contributed by atoms with Crippen molar-refractivity contribution in [1.82, 2.24) is 5.32 Å². The molecule has 1 amide bonds. The Bertz CT molecular complexity index is 268. The zero-order valence-corrected chi connectivity index (χ0v) is 7.92. The van der Waals surface area contributed by atoms with E-state index in [1.54, 1.807) is 0 Å². The highest BCUT2D eigenvalue weighted by Gasteiger charge is 2.44. The number of carboxylic acids is 1. The molecule has 15 heavy (non-hydrogen) atoms. The van der Waals surface area contributed by atoms with Gasteiger partial charge in [-0.1, -0.05) is 0 Å². The van der Waals surface area contributed by atoms with Crippen molar-refractivity contribution in [1.29, 1.82) is 0 Å². The van der Waals surface area contributed by atoms with Crippen LogP contribution in [0, 0.1) is 0 Å². The van der Waals surface area contributed by atoms with Crippen molar-refractivity contribution >= 4 is 11.9 Å². The van der Waals surface area contributed by atoms with E-state index in [0.717, 1.165) is 13.8 Å². The third kappa shape index (κ3) is 4.15. The molecule has 0 saturated heterocycles. The van der Waals surface area contributed by atoms with Crippen LogP contribution in [0.15, 0.2) is 0 Å². The van der Waals surface area contributed by atoms with Gasteiger partial charge in [0.15, 0.2) is 6.04 Å². The molecule has 0 aromatic carbocycles. The monoisotopic (exact) mass is 229 g/mol. The molecule has 0 rings (SSSR count). The average molecular weight is 229 g/mol.